The molecular formula is C25H31FN2O4S. The molecule has 0 aliphatic carbocycles. The molecule has 0 aromatic heterocycles. The van der Waals surface area contributed by atoms with Crippen LogP contribution in [-0.2, 0) is 21.2 Å². The van der Waals surface area contributed by atoms with Crippen LogP contribution in [0.3, 0.4) is 0 Å². The number of benzene rings is 2. The normalized spacial score (nSPS) is 20.5. The van der Waals surface area contributed by atoms with Gasteiger partial charge in [-0.15, -0.1) is 0 Å². The van der Waals surface area contributed by atoms with Gasteiger partial charge in [-0.1, -0.05) is 30.3 Å². The number of carbonyl (C=O) groups excluding carboxylic acids is 1. The van der Waals surface area contributed by atoms with Gasteiger partial charge in [0.25, 0.3) is 0 Å². The predicted octanol–water partition coefficient (Wildman–Crippen LogP) is 3.72. The molecule has 2 aromatic carbocycles. The highest BCUT2D eigenvalue weighted by Gasteiger charge is 2.37. The molecule has 178 valence electrons. The largest absolute Gasteiger partial charge is 0.495 e. The Balaban J connectivity index is 1.38. The van der Waals surface area contributed by atoms with E-state index in [1.807, 2.05) is 11.0 Å². The van der Waals surface area contributed by atoms with Crippen molar-refractivity contribution in [3.63, 3.8) is 0 Å². The summed E-state index contributed by atoms with van der Waals surface area (Å²) in [6.45, 7) is 1.84. The third-order valence-electron chi connectivity index (χ3n) is 6.77. The van der Waals surface area contributed by atoms with Gasteiger partial charge in [-0.25, -0.2) is 12.8 Å². The molecule has 1 amide bonds. The Morgan fingerprint density at radius 2 is 1.79 bits per heavy atom. The van der Waals surface area contributed by atoms with Gasteiger partial charge in [0.15, 0.2) is 0 Å². The van der Waals surface area contributed by atoms with Crippen molar-refractivity contribution < 1.29 is 22.3 Å². The van der Waals surface area contributed by atoms with Crippen LogP contribution < -0.4 is 4.74 Å². The van der Waals surface area contributed by atoms with Gasteiger partial charge >= 0.3 is 0 Å². The first-order valence-corrected chi connectivity index (χ1v) is 13.0. The second-order valence-corrected chi connectivity index (χ2v) is 10.9. The predicted molar refractivity (Wildman–Crippen MR) is 124 cm³/mol. The minimum absolute atomic E-state index is 0.0271. The van der Waals surface area contributed by atoms with Gasteiger partial charge in [-0.3, -0.25) is 4.79 Å². The lowest BCUT2D eigenvalue weighted by molar-refractivity contribution is -0.138. The van der Waals surface area contributed by atoms with Gasteiger partial charge in [0.2, 0.25) is 15.9 Å². The number of amides is 1. The van der Waals surface area contributed by atoms with Gasteiger partial charge in [0.1, 0.15) is 16.5 Å². The van der Waals surface area contributed by atoms with Crippen LogP contribution in [0.5, 0.6) is 5.75 Å². The number of rotatable bonds is 6. The van der Waals surface area contributed by atoms with Gasteiger partial charge < -0.3 is 9.64 Å². The third-order valence-corrected chi connectivity index (χ3v) is 8.66. The van der Waals surface area contributed by atoms with E-state index >= 15 is 0 Å². The quantitative estimate of drug-likeness (QED) is 0.640. The van der Waals surface area contributed by atoms with Gasteiger partial charge in [-0.2, -0.15) is 4.31 Å². The Kier molecular flexibility index (Phi) is 7.34. The molecule has 0 N–H and O–H groups in total. The van der Waals surface area contributed by atoms with Crippen LogP contribution in [0.2, 0.25) is 0 Å². The van der Waals surface area contributed by atoms with Crippen LogP contribution in [0.4, 0.5) is 4.39 Å². The van der Waals surface area contributed by atoms with Crippen molar-refractivity contribution in [2.75, 3.05) is 33.3 Å². The Labute approximate surface area is 195 Å². The summed E-state index contributed by atoms with van der Waals surface area (Å²) in [5, 5.41) is 0. The highest BCUT2D eigenvalue weighted by atomic mass is 32.2. The minimum atomic E-state index is -3.97. The summed E-state index contributed by atoms with van der Waals surface area (Å²) < 4.78 is 46.7. The highest BCUT2D eigenvalue weighted by Crippen LogP contribution is 2.31. The van der Waals surface area contributed by atoms with Crippen molar-refractivity contribution in [2.45, 2.75) is 37.0 Å². The lowest BCUT2D eigenvalue weighted by atomic mass is 9.89. The van der Waals surface area contributed by atoms with Crippen molar-refractivity contribution in [1.29, 1.82) is 0 Å². The van der Waals surface area contributed by atoms with Crippen LogP contribution >= 0.6 is 0 Å². The number of sulfonamides is 1. The zero-order chi connectivity index (χ0) is 23.4. The van der Waals surface area contributed by atoms with Crippen LogP contribution in [0, 0.1) is 17.7 Å². The molecule has 2 aliphatic rings. The highest BCUT2D eigenvalue weighted by molar-refractivity contribution is 7.89. The molecule has 0 bridgehead atoms. The Bertz CT molecular complexity index is 1070. The topological polar surface area (TPSA) is 66.9 Å². The smallest absolute Gasteiger partial charge is 0.246 e. The summed E-state index contributed by atoms with van der Waals surface area (Å²) in [6.07, 6.45) is 4.19. The third kappa shape index (κ3) is 5.38. The monoisotopic (exact) mass is 474 g/mol. The standard InChI is InChI=1S/C25H31FN2O4S/c1-32-23-10-9-22(26)17-24(23)33(30,31)28-13-5-8-21(18-28)25(29)27-14-11-20(12-15-27)16-19-6-3-2-4-7-19/h2-4,6-7,9-10,17,20-21H,5,8,11-16,18H2,1H3/t21-/m0/s1. The molecule has 0 spiro atoms. The number of piperidine rings is 2. The van der Waals surface area contributed by atoms with E-state index in [9.17, 15) is 17.6 Å². The summed E-state index contributed by atoms with van der Waals surface area (Å²) in [5.74, 6) is -0.333. The molecule has 33 heavy (non-hydrogen) atoms. The minimum Gasteiger partial charge on any atom is -0.495 e. The number of likely N-dealkylation sites (tertiary alicyclic amines) is 1. The van der Waals surface area contributed by atoms with E-state index in [0.29, 0.717) is 38.4 Å². The molecule has 2 heterocycles. The van der Waals surface area contributed by atoms with Crippen molar-refractivity contribution in [3.05, 3.63) is 59.9 Å². The van der Waals surface area contributed by atoms with Crippen LogP contribution in [0.15, 0.2) is 53.4 Å². The zero-order valence-electron chi connectivity index (χ0n) is 19.0. The molecule has 0 unspecified atom stereocenters. The van der Waals surface area contributed by atoms with E-state index in [1.165, 1.54) is 29.1 Å². The average Bonchev–Trinajstić information content (AvgIpc) is 2.85. The summed E-state index contributed by atoms with van der Waals surface area (Å²) >= 11 is 0. The fraction of sp³-hybridized carbons (Fsp3) is 0.480. The molecule has 0 saturated carbocycles. The molecule has 4 rings (SSSR count). The molecule has 1 atom stereocenters. The zero-order valence-corrected chi connectivity index (χ0v) is 19.8. The van der Waals surface area contributed by atoms with E-state index in [4.69, 9.17) is 4.74 Å². The average molecular weight is 475 g/mol. The number of methoxy groups -OCH3 is 1. The van der Waals surface area contributed by atoms with Crippen molar-refractivity contribution in [1.82, 2.24) is 9.21 Å². The van der Waals surface area contributed by atoms with Gasteiger partial charge in [0.05, 0.1) is 13.0 Å². The molecular weight excluding hydrogens is 443 g/mol. The van der Waals surface area contributed by atoms with E-state index in [-0.39, 0.29) is 29.0 Å². The first-order valence-electron chi connectivity index (χ1n) is 11.5. The van der Waals surface area contributed by atoms with Crippen molar-refractivity contribution >= 4 is 15.9 Å². The molecule has 6 nitrogen and oxygen atoms in total. The Hall–Kier alpha value is -2.45. The molecule has 0 radical (unpaired) electrons. The maximum atomic E-state index is 13.8. The van der Waals surface area contributed by atoms with E-state index < -0.39 is 15.8 Å². The number of hydrogen-bond acceptors (Lipinski definition) is 4. The summed E-state index contributed by atoms with van der Waals surface area (Å²) in [5.41, 5.74) is 1.32. The lowest BCUT2D eigenvalue weighted by Crippen LogP contribution is -2.48. The van der Waals surface area contributed by atoms with E-state index in [1.54, 1.807) is 0 Å². The summed E-state index contributed by atoms with van der Waals surface area (Å²) in [4.78, 5) is 14.9. The van der Waals surface area contributed by atoms with Crippen LogP contribution in [-0.4, -0.2) is 56.8 Å². The van der Waals surface area contributed by atoms with Crippen LogP contribution in [0.25, 0.3) is 0 Å². The second-order valence-electron chi connectivity index (χ2n) is 8.96. The lowest BCUT2D eigenvalue weighted by Gasteiger charge is -2.37. The first-order chi connectivity index (χ1) is 15.9. The fourth-order valence-corrected chi connectivity index (χ4v) is 6.61. The maximum absolute atomic E-state index is 13.8. The Morgan fingerprint density at radius 3 is 2.48 bits per heavy atom. The number of ether oxygens (including phenoxy) is 1. The SMILES string of the molecule is COc1ccc(F)cc1S(=O)(=O)N1CCC[C@H](C(=O)N2CCC(Cc3ccccc3)CC2)C1. The number of halogens is 1. The second kappa shape index (κ2) is 10.2. The molecule has 2 fully saturated rings. The van der Waals surface area contributed by atoms with Crippen molar-refractivity contribution in [2.24, 2.45) is 11.8 Å². The Morgan fingerprint density at radius 1 is 1.06 bits per heavy atom. The molecule has 2 saturated heterocycles. The van der Waals surface area contributed by atoms with Crippen molar-refractivity contribution in [3.8, 4) is 5.75 Å². The number of nitrogens with zero attached hydrogens (tertiary/aromatic N) is 2. The number of carbonyl (C=O) groups is 1. The maximum Gasteiger partial charge on any atom is 0.246 e. The molecule has 8 heteroatoms. The molecule has 2 aromatic rings. The first kappa shape index (κ1) is 23.7. The fourth-order valence-electron chi connectivity index (χ4n) is 4.92. The van der Waals surface area contributed by atoms with E-state index in [2.05, 4.69) is 24.3 Å². The molecule has 2 aliphatic heterocycles. The number of hydrogen-bond donors (Lipinski definition) is 0. The summed E-state index contributed by atoms with van der Waals surface area (Å²) in [7, 11) is -2.61. The van der Waals surface area contributed by atoms with E-state index in [0.717, 1.165) is 25.3 Å². The van der Waals surface area contributed by atoms with Crippen LogP contribution in [0.1, 0.15) is 31.2 Å². The summed E-state index contributed by atoms with van der Waals surface area (Å²) in [6, 6.07) is 13.9. The van der Waals surface area contributed by atoms with Gasteiger partial charge in [0, 0.05) is 26.2 Å². The van der Waals surface area contributed by atoms with Gasteiger partial charge in [-0.05, 0) is 61.8 Å².